The van der Waals surface area contributed by atoms with E-state index in [1.54, 1.807) is 0 Å². The molecule has 15 heavy (non-hydrogen) atoms. The molecule has 0 unspecified atom stereocenters. The zero-order chi connectivity index (χ0) is 10.9. The van der Waals surface area contributed by atoms with Crippen LogP contribution in [0.15, 0.2) is 0 Å². The lowest BCUT2D eigenvalue weighted by Gasteiger charge is -2.43. The van der Waals surface area contributed by atoms with E-state index in [1.165, 1.54) is 6.42 Å². The summed E-state index contributed by atoms with van der Waals surface area (Å²) >= 11 is 0. The van der Waals surface area contributed by atoms with Crippen LogP contribution < -0.4 is 5.32 Å². The molecule has 1 amide bonds. The van der Waals surface area contributed by atoms with Gasteiger partial charge in [-0.15, -0.1) is 0 Å². The summed E-state index contributed by atoms with van der Waals surface area (Å²) in [6.45, 7) is 4.02. The highest BCUT2D eigenvalue weighted by molar-refractivity contribution is 5.83. The van der Waals surface area contributed by atoms with Crippen molar-refractivity contribution in [3.63, 3.8) is 0 Å². The molecule has 0 aromatic carbocycles. The first kappa shape index (κ1) is 10.9. The maximum absolute atomic E-state index is 12.2. The van der Waals surface area contributed by atoms with Gasteiger partial charge in [0.25, 0.3) is 0 Å². The monoisotopic (exact) mass is 210 g/mol. The second kappa shape index (κ2) is 4.12. The molecule has 0 atom stereocenters. The number of piperidine rings is 1. The number of hydrogen-bond acceptors (Lipinski definition) is 2. The van der Waals surface area contributed by atoms with Gasteiger partial charge in [0.2, 0.25) is 5.91 Å². The van der Waals surface area contributed by atoms with Gasteiger partial charge >= 0.3 is 0 Å². The van der Waals surface area contributed by atoms with Crippen LogP contribution >= 0.6 is 0 Å². The number of hydrogen-bond donors (Lipinski definition) is 1. The fraction of sp³-hybridized carbons (Fsp3) is 0.917. The lowest BCUT2D eigenvalue weighted by atomic mass is 9.69. The largest absolute Gasteiger partial charge is 0.342 e. The Morgan fingerprint density at radius 3 is 2.33 bits per heavy atom. The average Bonchev–Trinajstić information content (AvgIpc) is 2.25. The fourth-order valence-electron chi connectivity index (χ4n) is 2.67. The standard InChI is InChI=1S/C12H22N2O/c1-12(6-3-7-12)11(15)14-8-4-10(13-2)5-9-14/h10,13H,3-9H2,1-2H3. The molecule has 1 heterocycles. The molecule has 3 nitrogen and oxygen atoms in total. The van der Waals surface area contributed by atoms with Gasteiger partial charge in [-0.1, -0.05) is 13.3 Å². The van der Waals surface area contributed by atoms with Gasteiger partial charge in [-0.05, 0) is 32.7 Å². The second-order valence-electron chi connectivity index (χ2n) is 5.27. The molecule has 1 N–H and O–H groups in total. The van der Waals surface area contributed by atoms with Gasteiger partial charge in [0, 0.05) is 24.5 Å². The van der Waals surface area contributed by atoms with E-state index in [-0.39, 0.29) is 5.41 Å². The van der Waals surface area contributed by atoms with Crippen LogP contribution in [0.5, 0.6) is 0 Å². The van der Waals surface area contributed by atoms with Crippen LogP contribution in [0.2, 0.25) is 0 Å². The number of carbonyl (C=O) groups is 1. The SMILES string of the molecule is CNC1CCN(C(=O)C2(C)CCC2)CC1. The summed E-state index contributed by atoms with van der Waals surface area (Å²) in [4.78, 5) is 14.3. The Hall–Kier alpha value is -0.570. The fourth-order valence-corrected chi connectivity index (χ4v) is 2.67. The first-order chi connectivity index (χ1) is 7.15. The molecule has 1 aliphatic heterocycles. The predicted octanol–water partition coefficient (Wildman–Crippen LogP) is 1.39. The third-order valence-electron chi connectivity index (χ3n) is 4.16. The molecule has 0 aromatic heterocycles. The Morgan fingerprint density at radius 2 is 1.93 bits per heavy atom. The minimum atomic E-state index is -0.00746. The molecule has 3 heteroatoms. The van der Waals surface area contributed by atoms with Crippen molar-refractivity contribution in [1.82, 2.24) is 10.2 Å². The minimum absolute atomic E-state index is 0.00746. The van der Waals surface area contributed by atoms with Gasteiger partial charge in [-0.2, -0.15) is 0 Å². The normalized spacial score (nSPS) is 26.1. The number of likely N-dealkylation sites (tertiary alicyclic amines) is 1. The summed E-state index contributed by atoms with van der Waals surface area (Å²) in [5, 5.41) is 3.29. The number of rotatable bonds is 2. The third kappa shape index (κ3) is 2.03. The lowest BCUT2D eigenvalue weighted by Crippen LogP contribution is -2.51. The molecule has 0 spiro atoms. The average molecular weight is 210 g/mol. The van der Waals surface area contributed by atoms with Gasteiger partial charge in [0.15, 0.2) is 0 Å². The molecular formula is C12H22N2O. The molecule has 0 aromatic rings. The Bertz CT molecular complexity index is 240. The van der Waals surface area contributed by atoms with Crippen LogP contribution in [0.25, 0.3) is 0 Å². The maximum Gasteiger partial charge on any atom is 0.228 e. The lowest BCUT2D eigenvalue weighted by molar-refractivity contribution is -0.147. The summed E-state index contributed by atoms with van der Waals surface area (Å²) in [5.74, 6) is 0.406. The van der Waals surface area contributed by atoms with Crippen LogP contribution in [-0.2, 0) is 4.79 Å². The van der Waals surface area contributed by atoms with Crippen molar-refractivity contribution in [1.29, 1.82) is 0 Å². The van der Waals surface area contributed by atoms with E-state index in [1.807, 2.05) is 7.05 Å². The van der Waals surface area contributed by atoms with Gasteiger partial charge in [0.1, 0.15) is 0 Å². The molecule has 2 aliphatic rings. The Labute approximate surface area is 92.2 Å². The van der Waals surface area contributed by atoms with Crippen molar-refractivity contribution >= 4 is 5.91 Å². The highest BCUT2D eigenvalue weighted by Crippen LogP contribution is 2.42. The molecule has 1 aliphatic carbocycles. The molecule has 1 saturated carbocycles. The topological polar surface area (TPSA) is 32.3 Å². The molecule has 86 valence electrons. The summed E-state index contributed by atoms with van der Waals surface area (Å²) in [6.07, 6.45) is 5.64. The zero-order valence-corrected chi connectivity index (χ0v) is 9.88. The Balaban J connectivity index is 1.87. The highest BCUT2D eigenvalue weighted by Gasteiger charge is 2.42. The van der Waals surface area contributed by atoms with E-state index in [2.05, 4.69) is 17.1 Å². The summed E-state index contributed by atoms with van der Waals surface area (Å²) < 4.78 is 0. The summed E-state index contributed by atoms with van der Waals surface area (Å²) in [5.41, 5.74) is -0.00746. The highest BCUT2D eigenvalue weighted by atomic mass is 16.2. The smallest absolute Gasteiger partial charge is 0.228 e. The van der Waals surface area contributed by atoms with Gasteiger partial charge in [-0.25, -0.2) is 0 Å². The minimum Gasteiger partial charge on any atom is -0.342 e. The number of amides is 1. The molecule has 0 bridgehead atoms. The predicted molar refractivity (Wildman–Crippen MR) is 60.6 cm³/mol. The molecule has 0 radical (unpaired) electrons. The Kier molecular flexibility index (Phi) is 3.01. The maximum atomic E-state index is 12.2. The van der Waals surface area contributed by atoms with Crippen LogP contribution in [0.1, 0.15) is 39.0 Å². The van der Waals surface area contributed by atoms with Gasteiger partial charge in [0.05, 0.1) is 0 Å². The first-order valence-electron chi connectivity index (χ1n) is 6.12. The first-order valence-corrected chi connectivity index (χ1v) is 6.12. The van der Waals surface area contributed by atoms with Crippen LogP contribution in [0.4, 0.5) is 0 Å². The van der Waals surface area contributed by atoms with Crippen molar-refractivity contribution < 1.29 is 4.79 Å². The van der Waals surface area contributed by atoms with Gasteiger partial charge in [-0.3, -0.25) is 4.79 Å². The zero-order valence-electron chi connectivity index (χ0n) is 9.88. The molecule has 2 fully saturated rings. The van der Waals surface area contributed by atoms with Crippen molar-refractivity contribution in [3.05, 3.63) is 0 Å². The van der Waals surface area contributed by atoms with E-state index in [4.69, 9.17) is 0 Å². The van der Waals surface area contributed by atoms with Crippen LogP contribution in [0, 0.1) is 5.41 Å². The summed E-state index contributed by atoms with van der Waals surface area (Å²) in [6, 6.07) is 0.614. The van der Waals surface area contributed by atoms with Crippen molar-refractivity contribution in [2.45, 2.75) is 45.1 Å². The van der Waals surface area contributed by atoms with Crippen molar-refractivity contribution in [2.24, 2.45) is 5.41 Å². The van der Waals surface area contributed by atoms with E-state index in [9.17, 15) is 4.79 Å². The second-order valence-corrected chi connectivity index (χ2v) is 5.27. The van der Waals surface area contributed by atoms with Crippen molar-refractivity contribution in [3.8, 4) is 0 Å². The van der Waals surface area contributed by atoms with E-state index in [0.29, 0.717) is 11.9 Å². The van der Waals surface area contributed by atoms with Gasteiger partial charge < -0.3 is 10.2 Å². The number of nitrogens with zero attached hydrogens (tertiary/aromatic N) is 1. The van der Waals surface area contributed by atoms with Crippen molar-refractivity contribution in [2.75, 3.05) is 20.1 Å². The molecule has 1 saturated heterocycles. The van der Waals surface area contributed by atoms with Crippen LogP contribution in [-0.4, -0.2) is 37.0 Å². The number of nitrogens with one attached hydrogen (secondary N) is 1. The van der Waals surface area contributed by atoms with E-state index < -0.39 is 0 Å². The molecular weight excluding hydrogens is 188 g/mol. The van der Waals surface area contributed by atoms with Crippen LogP contribution in [0.3, 0.4) is 0 Å². The Morgan fingerprint density at radius 1 is 1.33 bits per heavy atom. The summed E-state index contributed by atoms with van der Waals surface area (Å²) in [7, 11) is 2.01. The quantitative estimate of drug-likeness (QED) is 0.747. The number of carbonyl (C=O) groups excluding carboxylic acids is 1. The van der Waals surface area contributed by atoms with E-state index in [0.717, 1.165) is 38.8 Å². The third-order valence-corrected chi connectivity index (χ3v) is 4.16. The van der Waals surface area contributed by atoms with E-state index >= 15 is 0 Å². The molecule has 2 rings (SSSR count).